The van der Waals surface area contributed by atoms with Crippen LogP contribution < -0.4 is 4.90 Å². The Hall–Kier alpha value is -3.13. The number of allylic oxidation sites excluding steroid dienone is 1. The van der Waals surface area contributed by atoms with E-state index in [0.29, 0.717) is 6.42 Å². The van der Waals surface area contributed by atoms with Gasteiger partial charge in [-0.1, -0.05) is 54.1 Å². The highest BCUT2D eigenvalue weighted by Gasteiger charge is 2.12. The minimum atomic E-state index is 0.113. The lowest BCUT2D eigenvalue weighted by atomic mass is 10.1. The quantitative estimate of drug-likeness (QED) is 0.405. The van der Waals surface area contributed by atoms with Crippen molar-refractivity contribution in [2.45, 2.75) is 33.1 Å². The Labute approximate surface area is 168 Å². The predicted molar refractivity (Wildman–Crippen MR) is 119 cm³/mol. The normalized spacial score (nSPS) is 10.5. The first-order chi connectivity index (χ1) is 13.6. The summed E-state index contributed by atoms with van der Waals surface area (Å²) < 4.78 is 0. The van der Waals surface area contributed by atoms with Gasteiger partial charge in [0, 0.05) is 23.5 Å². The SMILES string of the molecule is C=CC(=O)CCCc1ccc(N(c2ccc(C)cc2)c2ccc(C)cc2)cc1. The molecule has 0 aliphatic rings. The molecule has 0 unspecified atom stereocenters. The highest BCUT2D eigenvalue weighted by molar-refractivity contribution is 5.88. The number of anilines is 3. The molecule has 0 fully saturated rings. The maximum Gasteiger partial charge on any atom is 0.155 e. The highest BCUT2D eigenvalue weighted by atomic mass is 16.1. The maximum absolute atomic E-state index is 11.4. The molecule has 0 spiro atoms. The molecule has 0 heterocycles. The fourth-order valence-corrected chi connectivity index (χ4v) is 3.22. The summed E-state index contributed by atoms with van der Waals surface area (Å²) >= 11 is 0. The van der Waals surface area contributed by atoms with Crippen LogP contribution in [0.4, 0.5) is 17.1 Å². The van der Waals surface area contributed by atoms with E-state index in [1.54, 1.807) is 0 Å². The van der Waals surface area contributed by atoms with E-state index in [2.05, 4.69) is 98.1 Å². The van der Waals surface area contributed by atoms with Crippen LogP contribution in [0.3, 0.4) is 0 Å². The average Bonchev–Trinajstić information content (AvgIpc) is 2.72. The van der Waals surface area contributed by atoms with E-state index in [0.717, 1.165) is 29.9 Å². The smallest absolute Gasteiger partial charge is 0.155 e. The van der Waals surface area contributed by atoms with Gasteiger partial charge in [0.1, 0.15) is 0 Å². The Kier molecular flexibility index (Phi) is 6.44. The van der Waals surface area contributed by atoms with Crippen molar-refractivity contribution in [3.05, 3.63) is 102 Å². The van der Waals surface area contributed by atoms with Crippen LogP contribution in [0.5, 0.6) is 0 Å². The molecule has 2 heteroatoms. The van der Waals surface area contributed by atoms with Crippen LogP contribution in [0.2, 0.25) is 0 Å². The number of nitrogens with zero attached hydrogens (tertiary/aromatic N) is 1. The number of carbonyl (C=O) groups is 1. The molecule has 28 heavy (non-hydrogen) atoms. The molecule has 0 radical (unpaired) electrons. The number of carbonyl (C=O) groups excluding carboxylic acids is 1. The van der Waals surface area contributed by atoms with Crippen molar-refractivity contribution in [3.63, 3.8) is 0 Å². The Morgan fingerprint density at radius 1 is 0.786 bits per heavy atom. The van der Waals surface area contributed by atoms with Gasteiger partial charge in [-0.05, 0) is 74.7 Å². The van der Waals surface area contributed by atoms with Gasteiger partial charge in [-0.2, -0.15) is 0 Å². The summed E-state index contributed by atoms with van der Waals surface area (Å²) in [6.07, 6.45) is 3.72. The maximum atomic E-state index is 11.4. The van der Waals surface area contributed by atoms with Crippen molar-refractivity contribution < 1.29 is 4.79 Å². The number of hydrogen-bond acceptors (Lipinski definition) is 2. The molecule has 0 saturated heterocycles. The van der Waals surface area contributed by atoms with Gasteiger partial charge in [-0.3, -0.25) is 4.79 Å². The van der Waals surface area contributed by atoms with Crippen molar-refractivity contribution in [2.24, 2.45) is 0 Å². The summed E-state index contributed by atoms with van der Waals surface area (Å²) in [5.74, 6) is 0.113. The second-order valence-electron chi connectivity index (χ2n) is 7.20. The second-order valence-corrected chi connectivity index (χ2v) is 7.20. The van der Waals surface area contributed by atoms with Crippen molar-refractivity contribution in [1.82, 2.24) is 0 Å². The van der Waals surface area contributed by atoms with Crippen LogP contribution in [-0.4, -0.2) is 5.78 Å². The molecular formula is C26H27NO. The average molecular weight is 370 g/mol. The number of ketones is 1. The zero-order valence-electron chi connectivity index (χ0n) is 16.7. The summed E-state index contributed by atoms with van der Waals surface area (Å²) in [7, 11) is 0. The molecule has 3 aromatic carbocycles. The van der Waals surface area contributed by atoms with Gasteiger partial charge in [0.05, 0.1) is 0 Å². The fraction of sp³-hybridized carbons (Fsp3) is 0.192. The summed E-state index contributed by atoms with van der Waals surface area (Å²) in [4.78, 5) is 13.7. The molecule has 0 saturated carbocycles. The summed E-state index contributed by atoms with van der Waals surface area (Å²) in [6, 6.07) is 25.8. The first kappa shape index (κ1) is 19.6. The lowest BCUT2D eigenvalue weighted by Crippen LogP contribution is -2.10. The molecule has 0 bridgehead atoms. The summed E-state index contributed by atoms with van der Waals surface area (Å²) in [6.45, 7) is 7.74. The molecule has 0 amide bonds. The molecule has 0 aliphatic heterocycles. The Balaban J connectivity index is 1.85. The molecular weight excluding hydrogens is 342 g/mol. The Morgan fingerprint density at radius 2 is 1.21 bits per heavy atom. The monoisotopic (exact) mass is 369 g/mol. The third kappa shape index (κ3) is 4.98. The minimum absolute atomic E-state index is 0.113. The molecule has 3 aromatic rings. The second kappa shape index (κ2) is 9.18. The zero-order valence-corrected chi connectivity index (χ0v) is 16.7. The minimum Gasteiger partial charge on any atom is -0.311 e. The lowest BCUT2D eigenvalue weighted by molar-refractivity contribution is -0.114. The van der Waals surface area contributed by atoms with Crippen molar-refractivity contribution in [1.29, 1.82) is 0 Å². The first-order valence-electron chi connectivity index (χ1n) is 9.74. The number of aryl methyl sites for hydroxylation is 3. The molecule has 0 aliphatic carbocycles. The van der Waals surface area contributed by atoms with E-state index in [9.17, 15) is 4.79 Å². The topological polar surface area (TPSA) is 20.3 Å². The molecule has 0 aromatic heterocycles. The van der Waals surface area contributed by atoms with E-state index in [-0.39, 0.29) is 5.78 Å². The van der Waals surface area contributed by atoms with Crippen molar-refractivity contribution in [3.8, 4) is 0 Å². The fourth-order valence-electron chi connectivity index (χ4n) is 3.22. The predicted octanol–water partition coefficient (Wildman–Crippen LogP) is 6.85. The van der Waals surface area contributed by atoms with E-state index in [1.807, 2.05) is 0 Å². The number of rotatable bonds is 8. The summed E-state index contributed by atoms with van der Waals surface area (Å²) in [5.41, 5.74) is 7.14. The molecule has 3 rings (SSSR count). The van der Waals surface area contributed by atoms with E-state index < -0.39 is 0 Å². The molecule has 2 nitrogen and oxygen atoms in total. The standard InChI is InChI=1S/C26H27NO/c1-4-26(28)7-5-6-22-12-18-25(19-13-22)27(23-14-8-20(2)9-15-23)24-16-10-21(3)11-17-24/h4,8-19H,1,5-7H2,2-3H3. The van der Waals surface area contributed by atoms with Crippen molar-refractivity contribution in [2.75, 3.05) is 4.90 Å². The molecule has 142 valence electrons. The lowest BCUT2D eigenvalue weighted by Gasteiger charge is -2.26. The van der Waals surface area contributed by atoms with Gasteiger partial charge < -0.3 is 4.90 Å². The number of benzene rings is 3. The van der Waals surface area contributed by atoms with E-state index in [4.69, 9.17) is 0 Å². The van der Waals surface area contributed by atoms with Crippen LogP contribution in [0, 0.1) is 13.8 Å². The van der Waals surface area contributed by atoms with Crippen LogP contribution in [0.1, 0.15) is 29.5 Å². The zero-order chi connectivity index (χ0) is 19.9. The van der Waals surface area contributed by atoms with Crippen LogP contribution in [0.25, 0.3) is 0 Å². The van der Waals surface area contributed by atoms with Crippen LogP contribution >= 0.6 is 0 Å². The molecule has 0 atom stereocenters. The van der Waals surface area contributed by atoms with Crippen LogP contribution in [-0.2, 0) is 11.2 Å². The van der Waals surface area contributed by atoms with Gasteiger partial charge in [-0.15, -0.1) is 0 Å². The highest BCUT2D eigenvalue weighted by Crippen LogP contribution is 2.34. The molecule has 0 N–H and O–H groups in total. The van der Waals surface area contributed by atoms with Gasteiger partial charge in [-0.25, -0.2) is 0 Å². The first-order valence-corrected chi connectivity index (χ1v) is 9.74. The van der Waals surface area contributed by atoms with Gasteiger partial charge >= 0.3 is 0 Å². The van der Waals surface area contributed by atoms with Crippen LogP contribution in [0.15, 0.2) is 85.5 Å². The van der Waals surface area contributed by atoms with Gasteiger partial charge in [0.25, 0.3) is 0 Å². The third-order valence-corrected chi connectivity index (χ3v) is 4.90. The van der Waals surface area contributed by atoms with Gasteiger partial charge in [0.2, 0.25) is 0 Å². The van der Waals surface area contributed by atoms with Gasteiger partial charge in [0.15, 0.2) is 5.78 Å². The largest absolute Gasteiger partial charge is 0.311 e. The third-order valence-electron chi connectivity index (χ3n) is 4.90. The number of hydrogen-bond donors (Lipinski definition) is 0. The van der Waals surface area contributed by atoms with E-state index >= 15 is 0 Å². The van der Waals surface area contributed by atoms with E-state index in [1.165, 1.54) is 22.8 Å². The Bertz CT molecular complexity index is 876. The Morgan fingerprint density at radius 3 is 1.64 bits per heavy atom. The van der Waals surface area contributed by atoms with Crippen molar-refractivity contribution >= 4 is 22.8 Å². The summed E-state index contributed by atoms with van der Waals surface area (Å²) in [5, 5.41) is 0.